The van der Waals surface area contributed by atoms with E-state index < -0.39 is 0 Å². The van der Waals surface area contributed by atoms with Crippen molar-refractivity contribution >= 4 is 5.69 Å². The van der Waals surface area contributed by atoms with E-state index >= 15 is 0 Å². The van der Waals surface area contributed by atoms with Crippen molar-refractivity contribution in [1.82, 2.24) is 0 Å². The molecule has 2 heterocycles. The highest BCUT2D eigenvalue weighted by molar-refractivity contribution is 5.56. The second-order valence-corrected chi connectivity index (χ2v) is 5.41. The van der Waals surface area contributed by atoms with Gasteiger partial charge in [0.15, 0.2) is 0 Å². The third kappa shape index (κ3) is 1.73. The predicted octanol–water partition coefficient (Wildman–Crippen LogP) is 2.59. The maximum Gasteiger partial charge on any atom is 0.128 e. The molecule has 2 saturated heterocycles. The molecule has 0 spiro atoms. The van der Waals surface area contributed by atoms with Gasteiger partial charge in [-0.15, -0.1) is 0 Å². The fourth-order valence-corrected chi connectivity index (χ4v) is 3.49. The number of halogens is 1. The average Bonchev–Trinajstić information content (AvgIpc) is 2.55. The SMILES string of the molecule is Cc1c(F)cccc1N1C2CCC1CC(N)C2. The van der Waals surface area contributed by atoms with E-state index in [1.54, 1.807) is 0 Å². The lowest BCUT2D eigenvalue weighted by Crippen LogP contribution is -2.47. The van der Waals surface area contributed by atoms with Crippen LogP contribution < -0.4 is 10.6 Å². The highest BCUT2D eigenvalue weighted by Gasteiger charge is 2.40. The van der Waals surface area contributed by atoms with Crippen LogP contribution in [0.3, 0.4) is 0 Å². The fraction of sp³-hybridized carbons (Fsp3) is 0.571. The van der Waals surface area contributed by atoms with Crippen molar-refractivity contribution in [2.75, 3.05) is 4.90 Å². The third-order valence-corrected chi connectivity index (χ3v) is 4.29. The highest BCUT2D eigenvalue weighted by atomic mass is 19.1. The van der Waals surface area contributed by atoms with Crippen LogP contribution in [0.5, 0.6) is 0 Å². The summed E-state index contributed by atoms with van der Waals surface area (Å²) in [5.74, 6) is -0.100. The van der Waals surface area contributed by atoms with Gasteiger partial charge < -0.3 is 10.6 Å². The smallest absolute Gasteiger partial charge is 0.128 e. The largest absolute Gasteiger partial charge is 0.365 e. The molecule has 0 radical (unpaired) electrons. The molecule has 2 bridgehead atoms. The monoisotopic (exact) mass is 234 g/mol. The van der Waals surface area contributed by atoms with E-state index in [4.69, 9.17) is 5.73 Å². The van der Waals surface area contributed by atoms with E-state index in [-0.39, 0.29) is 5.82 Å². The molecule has 2 unspecified atom stereocenters. The lowest BCUT2D eigenvalue weighted by molar-refractivity contribution is 0.413. The van der Waals surface area contributed by atoms with E-state index in [2.05, 4.69) is 4.90 Å². The van der Waals surface area contributed by atoms with Crippen LogP contribution in [0.4, 0.5) is 10.1 Å². The first-order valence-electron chi connectivity index (χ1n) is 6.46. The molecule has 2 atom stereocenters. The Balaban J connectivity index is 1.97. The molecule has 3 rings (SSSR count). The Kier molecular flexibility index (Phi) is 2.58. The summed E-state index contributed by atoms with van der Waals surface area (Å²) in [5.41, 5.74) is 7.91. The predicted molar refractivity (Wildman–Crippen MR) is 67.6 cm³/mol. The van der Waals surface area contributed by atoms with Crippen molar-refractivity contribution in [2.45, 2.75) is 50.7 Å². The summed E-state index contributed by atoms with van der Waals surface area (Å²) < 4.78 is 13.6. The molecule has 2 N–H and O–H groups in total. The van der Waals surface area contributed by atoms with Crippen LogP contribution >= 0.6 is 0 Å². The molecule has 2 aliphatic heterocycles. The molecule has 0 saturated carbocycles. The van der Waals surface area contributed by atoms with Crippen LogP contribution in [0.1, 0.15) is 31.2 Å². The third-order valence-electron chi connectivity index (χ3n) is 4.29. The first-order valence-corrected chi connectivity index (χ1v) is 6.46. The van der Waals surface area contributed by atoms with Crippen molar-refractivity contribution < 1.29 is 4.39 Å². The summed E-state index contributed by atoms with van der Waals surface area (Å²) in [5, 5.41) is 0. The molecule has 1 aromatic carbocycles. The Labute approximate surface area is 102 Å². The van der Waals surface area contributed by atoms with E-state index in [1.165, 1.54) is 18.9 Å². The minimum Gasteiger partial charge on any atom is -0.365 e. The van der Waals surface area contributed by atoms with Gasteiger partial charge in [-0.1, -0.05) is 6.07 Å². The number of nitrogens with zero attached hydrogens (tertiary/aromatic N) is 1. The van der Waals surface area contributed by atoms with Gasteiger partial charge in [0.25, 0.3) is 0 Å². The summed E-state index contributed by atoms with van der Waals surface area (Å²) in [4.78, 5) is 2.42. The second-order valence-electron chi connectivity index (χ2n) is 5.41. The van der Waals surface area contributed by atoms with Crippen molar-refractivity contribution in [2.24, 2.45) is 5.73 Å². The molecular weight excluding hydrogens is 215 g/mol. The van der Waals surface area contributed by atoms with Gasteiger partial charge in [-0.2, -0.15) is 0 Å². The Hall–Kier alpha value is -1.09. The number of hydrogen-bond donors (Lipinski definition) is 1. The van der Waals surface area contributed by atoms with Crippen LogP contribution in [0.2, 0.25) is 0 Å². The first kappa shape index (κ1) is 11.0. The topological polar surface area (TPSA) is 29.3 Å². The maximum absolute atomic E-state index is 13.6. The van der Waals surface area contributed by atoms with Gasteiger partial charge in [-0.05, 0) is 44.7 Å². The van der Waals surface area contributed by atoms with Crippen molar-refractivity contribution in [3.63, 3.8) is 0 Å². The van der Waals surface area contributed by atoms with Crippen molar-refractivity contribution in [1.29, 1.82) is 0 Å². The van der Waals surface area contributed by atoms with Crippen LogP contribution in [-0.4, -0.2) is 18.1 Å². The summed E-state index contributed by atoms with van der Waals surface area (Å²) in [7, 11) is 0. The summed E-state index contributed by atoms with van der Waals surface area (Å²) in [6, 6.07) is 6.76. The summed E-state index contributed by atoms with van der Waals surface area (Å²) in [6.45, 7) is 1.87. The van der Waals surface area contributed by atoms with Gasteiger partial charge >= 0.3 is 0 Å². The van der Waals surface area contributed by atoms with E-state index in [0.717, 1.165) is 24.1 Å². The standard InChI is InChI=1S/C14H19FN2/c1-9-13(15)3-2-4-14(9)17-11-5-6-12(17)8-10(16)7-11/h2-4,10-12H,5-8,16H2,1H3. The van der Waals surface area contributed by atoms with Gasteiger partial charge in [0.05, 0.1) is 0 Å². The number of rotatable bonds is 1. The minimum absolute atomic E-state index is 0.100. The molecule has 3 heteroatoms. The minimum atomic E-state index is -0.100. The van der Waals surface area contributed by atoms with Crippen LogP contribution in [-0.2, 0) is 0 Å². The van der Waals surface area contributed by atoms with E-state index in [9.17, 15) is 4.39 Å². The fourth-order valence-electron chi connectivity index (χ4n) is 3.49. The van der Waals surface area contributed by atoms with E-state index in [0.29, 0.717) is 18.1 Å². The zero-order valence-electron chi connectivity index (χ0n) is 10.2. The Morgan fingerprint density at radius 1 is 1.24 bits per heavy atom. The molecule has 0 aliphatic carbocycles. The van der Waals surface area contributed by atoms with Gasteiger partial charge in [-0.25, -0.2) is 4.39 Å². The maximum atomic E-state index is 13.6. The number of benzene rings is 1. The Morgan fingerprint density at radius 3 is 2.53 bits per heavy atom. The van der Waals surface area contributed by atoms with Crippen LogP contribution in [0.25, 0.3) is 0 Å². The zero-order chi connectivity index (χ0) is 12.0. The number of hydrogen-bond acceptors (Lipinski definition) is 2. The Morgan fingerprint density at radius 2 is 1.88 bits per heavy atom. The Bertz CT molecular complexity index is 418. The molecule has 17 heavy (non-hydrogen) atoms. The number of anilines is 1. The lowest BCUT2D eigenvalue weighted by atomic mass is 9.96. The van der Waals surface area contributed by atoms with Crippen molar-refractivity contribution in [3.8, 4) is 0 Å². The van der Waals surface area contributed by atoms with Gasteiger partial charge in [0.2, 0.25) is 0 Å². The number of piperidine rings is 1. The molecule has 0 amide bonds. The summed E-state index contributed by atoms with van der Waals surface area (Å²) >= 11 is 0. The molecular formula is C14H19FN2. The zero-order valence-corrected chi connectivity index (χ0v) is 10.2. The average molecular weight is 234 g/mol. The highest BCUT2D eigenvalue weighted by Crippen LogP contribution is 2.40. The molecule has 2 fully saturated rings. The van der Waals surface area contributed by atoms with Crippen LogP contribution in [0, 0.1) is 12.7 Å². The molecule has 0 aromatic heterocycles. The lowest BCUT2D eigenvalue weighted by Gasteiger charge is -2.40. The number of fused-ring (bicyclic) bond motifs is 2. The summed E-state index contributed by atoms with van der Waals surface area (Å²) in [6.07, 6.45) is 4.50. The normalized spacial score (nSPS) is 31.9. The first-order chi connectivity index (χ1) is 8.16. The van der Waals surface area contributed by atoms with Gasteiger partial charge in [-0.3, -0.25) is 0 Å². The molecule has 2 aliphatic rings. The van der Waals surface area contributed by atoms with Gasteiger partial charge in [0, 0.05) is 29.4 Å². The van der Waals surface area contributed by atoms with Gasteiger partial charge in [0.1, 0.15) is 5.82 Å². The number of nitrogens with two attached hydrogens (primary N) is 1. The molecule has 1 aromatic rings. The van der Waals surface area contributed by atoms with Crippen molar-refractivity contribution in [3.05, 3.63) is 29.6 Å². The second kappa shape index (κ2) is 3.98. The van der Waals surface area contributed by atoms with Crippen LogP contribution in [0.15, 0.2) is 18.2 Å². The molecule has 2 nitrogen and oxygen atoms in total. The molecule has 92 valence electrons. The van der Waals surface area contributed by atoms with E-state index in [1.807, 2.05) is 19.1 Å². The quantitative estimate of drug-likeness (QED) is 0.809.